The first kappa shape index (κ1) is 22.7. The molecule has 3 aliphatic rings. The number of amides is 1. The molecule has 11 heteroatoms. The second kappa shape index (κ2) is 9.71. The van der Waals surface area contributed by atoms with Gasteiger partial charge in [0.1, 0.15) is 10.6 Å². The number of carbonyl (C=O) groups excluding carboxylic acids is 1. The van der Waals surface area contributed by atoms with Crippen LogP contribution in [0.3, 0.4) is 0 Å². The van der Waals surface area contributed by atoms with Crippen molar-refractivity contribution in [3.05, 3.63) is 23.2 Å². The Hall–Kier alpha value is -2.76. The van der Waals surface area contributed by atoms with Crippen LogP contribution in [-0.4, -0.2) is 74.9 Å². The first-order chi connectivity index (χ1) is 17.1. The number of aromatic nitrogens is 4. The SMILES string of the molecule is Cc1cc(Nc2nc(N[C@@H]3C[C@H]4CCC[C@@H](C3)N4C(=O)C[C@H]3COCCN3)nc3sccc23)n[nH]1. The summed E-state index contributed by atoms with van der Waals surface area (Å²) in [6.45, 7) is 4.14. The molecular weight excluding hydrogens is 464 g/mol. The van der Waals surface area contributed by atoms with E-state index in [0.717, 1.165) is 66.4 Å². The highest BCUT2D eigenvalue weighted by Gasteiger charge is 2.41. The Morgan fingerprint density at radius 1 is 1.29 bits per heavy atom. The van der Waals surface area contributed by atoms with E-state index in [9.17, 15) is 4.79 Å². The standard InChI is InChI=1S/C24H32N8O2S/c1-14-9-20(31-30-14)27-22-19-5-8-35-23(19)29-24(28-22)26-15-10-17-3-2-4-18(11-15)32(17)21(33)12-16-13-34-7-6-25-16/h5,8-9,15-18,25H,2-4,6-7,10-13H2,1H3,(H3,26,27,28,29,30,31)/t15-,16-,17-,18+/m0/s1. The van der Waals surface area contributed by atoms with Gasteiger partial charge in [-0.25, -0.2) is 4.98 Å². The maximum absolute atomic E-state index is 13.3. The molecule has 3 aromatic heterocycles. The fraction of sp³-hybridized carbons (Fsp3) is 0.583. The van der Waals surface area contributed by atoms with Gasteiger partial charge in [0.05, 0.1) is 18.6 Å². The van der Waals surface area contributed by atoms with Crippen LogP contribution in [0.2, 0.25) is 0 Å². The zero-order valence-electron chi connectivity index (χ0n) is 19.9. The van der Waals surface area contributed by atoms with Crippen LogP contribution in [-0.2, 0) is 9.53 Å². The molecule has 186 valence electrons. The van der Waals surface area contributed by atoms with Crippen LogP contribution < -0.4 is 16.0 Å². The second-order valence-corrected chi connectivity index (χ2v) is 10.8. The quantitative estimate of drug-likeness (QED) is 0.411. The molecule has 0 aliphatic carbocycles. The van der Waals surface area contributed by atoms with E-state index in [1.807, 2.05) is 24.4 Å². The van der Waals surface area contributed by atoms with Gasteiger partial charge in [-0.05, 0) is 50.5 Å². The first-order valence-electron chi connectivity index (χ1n) is 12.6. The fourth-order valence-corrected chi connectivity index (χ4v) is 6.54. The van der Waals surface area contributed by atoms with Crippen LogP contribution in [0.25, 0.3) is 10.2 Å². The molecule has 0 unspecified atom stereocenters. The zero-order chi connectivity index (χ0) is 23.8. The minimum Gasteiger partial charge on any atom is -0.378 e. The zero-order valence-corrected chi connectivity index (χ0v) is 20.7. The molecule has 6 rings (SSSR count). The normalized spacial score (nSPS) is 26.6. The van der Waals surface area contributed by atoms with Crippen molar-refractivity contribution in [2.75, 3.05) is 30.4 Å². The summed E-state index contributed by atoms with van der Waals surface area (Å²) in [5.41, 5.74) is 0.987. The molecule has 3 aliphatic heterocycles. The van der Waals surface area contributed by atoms with E-state index in [0.29, 0.717) is 19.0 Å². The number of anilines is 3. The van der Waals surface area contributed by atoms with E-state index in [4.69, 9.17) is 14.7 Å². The molecule has 1 amide bonds. The summed E-state index contributed by atoms with van der Waals surface area (Å²) < 4.78 is 5.55. The summed E-state index contributed by atoms with van der Waals surface area (Å²) in [5, 5.41) is 20.6. The number of piperidine rings is 2. The summed E-state index contributed by atoms with van der Waals surface area (Å²) in [4.78, 5) is 26.0. The number of nitrogens with one attached hydrogen (secondary N) is 4. The van der Waals surface area contributed by atoms with Crippen LogP contribution in [0.4, 0.5) is 17.6 Å². The molecule has 3 fully saturated rings. The number of thiophene rings is 1. The lowest BCUT2D eigenvalue weighted by atomic mass is 9.81. The fourth-order valence-electron chi connectivity index (χ4n) is 5.77. The molecule has 0 spiro atoms. The van der Waals surface area contributed by atoms with Crippen molar-refractivity contribution in [1.82, 2.24) is 30.4 Å². The van der Waals surface area contributed by atoms with Gasteiger partial charge in [0.25, 0.3) is 0 Å². The van der Waals surface area contributed by atoms with E-state index in [1.54, 1.807) is 11.3 Å². The maximum atomic E-state index is 13.3. The van der Waals surface area contributed by atoms with Crippen molar-refractivity contribution >= 4 is 45.0 Å². The van der Waals surface area contributed by atoms with Gasteiger partial charge in [0, 0.05) is 48.9 Å². The third-order valence-electron chi connectivity index (χ3n) is 7.29. The number of ether oxygens (including phenoxy) is 1. The van der Waals surface area contributed by atoms with E-state index >= 15 is 0 Å². The number of H-pyrrole nitrogens is 1. The maximum Gasteiger partial charge on any atom is 0.226 e. The lowest BCUT2D eigenvalue weighted by Crippen LogP contribution is -2.58. The van der Waals surface area contributed by atoms with Crippen LogP contribution in [0.15, 0.2) is 17.5 Å². The van der Waals surface area contributed by atoms with Gasteiger partial charge in [0.15, 0.2) is 5.82 Å². The molecule has 2 bridgehead atoms. The number of fused-ring (bicyclic) bond motifs is 3. The van der Waals surface area contributed by atoms with Crippen molar-refractivity contribution in [2.24, 2.45) is 0 Å². The van der Waals surface area contributed by atoms with Crippen LogP contribution in [0.5, 0.6) is 0 Å². The minimum absolute atomic E-state index is 0.128. The van der Waals surface area contributed by atoms with Gasteiger partial charge in [-0.2, -0.15) is 10.1 Å². The van der Waals surface area contributed by atoms with Crippen LogP contribution in [0.1, 0.15) is 44.2 Å². The number of carbonyl (C=O) groups is 1. The third-order valence-corrected chi connectivity index (χ3v) is 8.10. The summed E-state index contributed by atoms with van der Waals surface area (Å²) in [6.07, 6.45) is 5.67. The lowest BCUT2D eigenvalue weighted by Gasteiger charge is -2.49. The third kappa shape index (κ3) is 4.85. The number of aromatic amines is 1. The average Bonchev–Trinajstić information content (AvgIpc) is 3.48. The number of hydrogen-bond donors (Lipinski definition) is 4. The van der Waals surface area contributed by atoms with E-state index in [2.05, 4.69) is 31.0 Å². The molecule has 10 nitrogen and oxygen atoms in total. The Morgan fingerprint density at radius 2 is 2.14 bits per heavy atom. The Bertz CT molecular complexity index is 1180. The number of aryl methyl sites for hydroxylation is 1. The summed E-state index contributed by atoms with van der Waals surface area (Å²) in [7, 11) is 0. The molecule has 3 saturated heterocycles. The van der Waals surface area contributed by atoms with Gasteiger partial charge in [-0.3, -0.25) is 9.89 Å². The van der Waals surface area contributed by atoms with Crippen LogP contribution in [0, 0.1) is 6.92 Å². The van der Waals surface area contributed by atoms with Crippen molar-refractivity contribution in [3.63, 3.8) is 0 Å². The summed E-state index contributed by atoms with van der Waals surface area (Å²) in [6, 6.07) is 4.90. The lowest BCUT2D eigenvalue weighted by molar-refractivity contribution is -0.142. The number of hydrogen-bond acceptors (Lipinski definition) is 9. The Morgan fingerprint density at radius 3 is 2.89 bits per heavy atom. The van der Waals surface area contributed by atoms with Crippen molar-refractivity contribution in [3.8, 4) is 0 Å². The topological polar surface area (TPSA) is 120 Å². The van der Waals surface area contributed by atoms with E-state index < -0.39 is 0 Å². The average molecular weight is 497 g/mol. The van der Waals surface area contributed by atoms with Gasteiger partial charge in [0.2, 0.25) is 11.9 Å². The molecule has 4 atom stereocenters. The van der Waals surface area contributed by atoms with E-state index in [1.165, 1.54) is 6.42 Å². The molecule has 4 N–H and O–H groups in total. The molecular formula is C24H32N8O2S. The van der Waals surface area contributed by atoms with E-state index in [-0.39, 0.29) is 30.1 Å². The number of nitrogens with zero attached hydrogens (tertiary/aromatic N) is 4. The van der Waals surface area contributed by atoms with Gasteiger partial charge in [-0.1, -0.05) is 0 Å². The molecule has 6 heterocycles. The second-order valence-electron chi connectivity index (χ2n) is 9.88. The van der Waals surface area contributed by atoms with Gasteiger partial charge < -0.3 is 25.6 Å². The van der Waals surface area contributed by atoms with Crippen molar-refractivity contribution in [1.29, 1.82) is 0 Å². The van der Waals surface area contributed by atoms with Crippen molar-refractivity contribution < 1.29 is 9.53 Å². The highest BCUT2D eigenvalue weighted by atomic mass is 32.1. The minimum atomic E-state index is 0.128. The molecule has 3 aromatic rings. The molecule has 35 heavy (non-hydrogen) atoms. The van der Waals surface area contributed by atoms with Gasteiger partial charge in [-0.15, -0.1) is 11.3 Å². The first-order valence-corrected chi connectivity index (χ1v) is 13.4. The Kier molecular flexibility index (Phi) is 6.29. The number of morpholine rings is 1. The summed E-state index contributed by atoms with van der Waals surface area (Å²) in [5.74, 6) is 2.37. The molecule has 0 radical (unpaired) electrons. The predicted octanol–water partition coefficient (Wildman–Crippen LogP) is 3.17. The number of rotatable bonds is 6. The summed E-state index contributed by atoms with van der Waals surface area (Å²) >= 11 is 1.60. The molecule has 0 aromatic carbocycles. The predicted molar refractivity (Wildman–Crippen MR) is 136 cm³/mol. The highest BCUT2D eigenvalue weighted by Crippen LogP contribution is 2.36. The highest BCUT2D eigenvalue weighted by molar-refractivity contribution is 7.16. The molecule has 0 saturated carbocycles. The smallest absolute Gasteiger partial charge is 0.226 e. The Labute approximate surface area is 208 Å². The van der Waals surface area contributed by atoms with Crippen LogP contribution >= 0.6 is 11.3 Å². The van der Waals surface area contributed by atoms with Crippen molar-refractivity contribution in [2.45, 2.75) is 69.6 Å². The Balaban J connectivity index is 1.16. The van der Waals surface area contributed by atoms with Gasteiger partial charge >= 0.3 is 0 Å². The largest absolute Gasteiger partial charge is 0.378 e. The monoisotopic (exact) mass is 496 g/mol.